The Morgan fingerprint density at radius 3 is 2.55 bits per heavy atom. The molecule has 0 radical (unpaired) electrons. The molecule has 1 heterocycles. The molecule has 9 heteroatoms. The Morgan fingerprint density at radius 1 is 1.07 bits per heavy atom. The number of tetrazole rings is 1. The Labute approximate surface area is 173 Å². The first kappa shape index (κ1) is 20.5. The van der Waals surface area contributed by atoms with Crippen LogP contribution in [0.1, 0.15) is 23.6 Å². The summed E-state index contributed by atoms with van der Waals surface area (Å²) in [6, 6.07) is 12.8. The molecular weight excluding hydrogens is 388 g/mol. The molecule has 1 aromatic heterocycles. The van der Waals surface area contributed by atoms with Crippen LogP contribution in [0.2, 0.25) is 0 Å². The molecule has 8 nitrogen and oxygen atoms in total. The number of amides is 3. The first-order valence-electron chi connectivity index (χ1n) is 9.05. The lowest BCUT2D eigenvalue weighted by atomic mass is 10.1. The monoisotopic (exact) mass is 410 g/mol. The Morgan fingerprint density at radius 2 is 1.83 bits per heavy atom. The average molecular weight is 411 g/mol. The molecular formula is C20H22N6O2S. The van der Waals surface area contributed by atoms with Gasteiger partial charge in [-0.3, -0.25) is 10.1 Å². The molecule has 3 aromatic rings. The van der Waals surface area contributed by atoms with Crippen LogP contribution in [-0.4, -0.2) is 37.4 Å². The van der Waals surface area contributed by atoms with Crippen molar-refractivity contribution in [1.29, 1.82) is 0 Å². The molecule has 2 aromatic carbocycles. The van der Waals surface area contributed by atoms with Crippen LogP contribution in [0.4, 0.5) is 10.5 Å². The SMILES string of the molecule is Cc1ccc(NC(=O)NC(=O)C(C)Sc2nnnn2-c2ccccc2C)c(C)c1. The lowest BCUT2D eigenvalue weighted by molar-refractivity contribution is -0.119. The van der Waals surface area contributed by atoms with E-state index in [1.165, 1.54) is 11.8 Å². The van der Waals surface area contributed by atoms with Gasteiger partial charge in [-0.1, -0.05) is 47.7 Å². The van der Waals surface area contributed by atoms with Crippen LogP contribution < -0.4 is 10.6 Å². The lowest BCUT2D eigenvalue weighted by Crippen LogP contribution is -2.39. The van der Waals surface area contributed by atoms with Crippen molar-refractivity contribution in [2.24, 2.45) is 0 Å². The number of imide groups is 1. The first-order valence-corrected chi connectivity index (χ1v) is 9.93. The van der Waals surface area contributed by atoms with Crippen LogP contribution >= 0.6 is 11.8 Å². The number of aromatic nitrogens is 4. The maximum atomic E-state index is 12.5. The van der Waals surface area contributed by atoms with Gasteiger partial charge in [0.1, 0.15) is 0 Å². The highest BCUT2D eigenvalue weighted by Crippen LogP contribution is 2.24. The van der Waals surface area contributed by atoms with E-state index in [1.807, 2.05) is 63.2 Å². The van der Waals surface area contributed by atoms with Crippen molar-refractivity contribution in [2.75, 3.05) is 5.32 Å². The van der Waals surface area contributed by atoms with Gasteiger partial charge in [0.15, 0.2) is 0 Å². The third kappa shape index (κ3) is 5.00. The van der Waals surface area contributed by atoms with Crippen molar-refractivity contribution in [3.8, 4) is 5.69 Å². The highest BCUT2D eigenvalue weighted by molar-refractivity contribution is 8.00. The number of thioether (sulfide) groups is 1. The minimum Gasteiger partial charge on any atom is -0.307 e. The first-order chi connectivity index (χ1) is 13.8. The predicted octanol–water partition coefficient (Wildman–Crippen LogP) is 3.42. The quantitative estimate of drug-likeness (QED) is 0.625. The summed E-state index contributed by atoms with van der Waals surface area (Å²) in [5.74, 6) is -0.434. The molecule has 1 unspecified atom stereocenters. The van der Waals surface area contributed by atoms with Crippen molar-refractivity contribution in [2.45, 2.75) is 38.1 Å². The van der Waals surface area contributed by atoms with Crippen molar-refractivity contribution in [3.63, 3.8) is 0 Å². The summed E-state index contributed by atoms with van der Waals surface area (Å²) in [5.41, 5.74) is 4.52. The summed E-state index contributed by atoms with van der Waals surface area (Å²) in [5, 5.41) is 16.7. The lowest BCUT2D eigenvalue weighted by Gasteiger charge is -2.13. The van der Waals surface area contributed by atoms with Crippen molar-refractivity contribution < 1.29 is 9.59 Å². The van der Waals surface area contributed by atoms with E-state index in [0.717, 1.165) is 22.4 Å². The van der Waals surface area contributed by atoms with E-state index in [2.05, 4.69) is 26.2 Å². The number of urea groups is 1. The second-order valence-electron chi connectivity index (χ2n) is 6.68. The van der Waals surface area contributed by atoms with Crippen LogP contribution in [0.3, 0.4) is 0 Å². The largest absolute Gasteiger partial charge is 0.325 e. The average Bonchev–Trinajstić information content (AvgIpc) is 3.12. The Bertz CT molecular complexity index is 1050. The molecule has 0 aliphatic carbocycles. The molecule has 0 aliphatic heterocycles. The van der Waals surface area contributed by atoms with Crippen molar-refractivity contribution >= 4 is 29.4 Å². The van der Waals surface area contributed by atoms with Crippen LogP contribution in [-0.2, 0) is 4.79 Å². The highest BCUT2D eigenvalue weighted by atomic mass is 32.2. The van der Waals surface area contributed by atoms with Gasteiger partial charge in [-0.05, 0) is 61.4 Å². The summed E-state index contributed by atoms with van der Waals surface area (Å²) >= 11 is 1.18. The fourth-order valence-electron chi connectivity index (χ4n) is 2.74. The van der Waals surface area contributed by atoms with E-state index in [1.54, 1.807) is 11.6 Å². The number of hydrogen-bond donors (Lipinski definition) is 2. The fourth-order valence-corrected chi connectivity index (χ4v) is 3.54. The van der Waals surface area contributed by atoms with Gasteiger partial charge in [0, 0.05) is 5.69 Å². The molecule has 3 amide bonds. The second kappa shape index (κ2) is 8.87. The normalized spacial score (nSPS) is 11.7. The second-order valence-corrected chi connectivity index (χ2v) is 7.99. The fraction of sp³-hybridized carbons (Fsp3) is 0.250. The Kier molecular flexibility index (Phi) is 6.28. The standard InChI is InChI=1S/C20H22N6O2S/c1-12-9-10-16(14(3)11-12)21-19(28)22-18(27)15(4)29-20-23-24-25-26(20)17-8-6-5-7-13(17)2/h5-11,15H,1-4H3,(H2,21,22,27,28). The molecule has 0 bridgehead atoms. The maximum Gasteiger partial charge on any atom is 0.325 e. The molecule has 0 saturated carbocycles. The summed E-state index contributed by atoms with van der Waals surface area (Å²) in [4.78, 5) is 24.7. The minimum absolute atomic E-state index is 0.434. The predicted molar refractivity (Wildman–Crippen MR) is 112 cm³/mol. The Hall–Kier alpha value is -3.20. The summed E-state index contributed by atoms with van der Waals surface area (Å²) in [6.45, 7) is 7.53. The number of benzene rings is 2. The molecule has 1 atom stereocenters. The molecule has 0 saturated heterocycles. The van der Waals surface area contributed by atoms with Gasteiger partial charge in [-0.2, -0.15) is 4.68 Å². The number of carbonyl (C=O) groups is 2. The number of aryl methyl sites for hydroxylation is 3. The topological polar surface area (TPSA) is 102 Å². The zero-order valence-corrected chi connectivity index (χ0v) is 17.4. The Balaban J connectivity index is 1.64. The van der Waals surface area contributed by atoms with Crippen LogP contribution in [0.5, 0.6) is 0 Å². The van der Waals surface area contributed by atoms with E-state index < -0.39 is 17.2 Å². The van der Waals surface area contributed by atoms with E-state index in [4.69, 9.17) is 0 Å². The van der Waals surface area contributed by atoms with E-state index in [0.29, 0.717) is 10.8 Å². The molecule has 29 heavy (non-hydrogen) atoms. The van der Waals surface area contributed by atoms with Gasteiger partial charge >= 0.3 is 6.03 Å². The highest BCUT2D eigenvalue weighted by Gasteiger charge is 2.21. The van der Waals surface area contributed by atoms with Gasteiger partial charge in [-0.25, -0.2) is 4.79 Å². The number of nitrogens with zero attached hydrogens (tertiary/aromatic N) is 4. The van der Waals surface area contributed by atoms with Crippen molar-refractivity contribution in [1.82, 2.24) is 25.5 Å². The molecule has 150 valence electrons. The number of hydrogen-bond acceptors (Lipinski definition) is 6. The van der Waals surface area contributed by atoms with E-state index >= 15 is 0 Å². The molecule has 3 rings (SSSR count). The van der Waals surface area contributed by atoms with Crippen LogP contribution in [0.25, 0.3) is 5.69 Å². The number of anilines is 1. The maximum absolute atomic E-state index is 12.5. The summed E-state index contributed by atoms with van der Waals surface area (Å²) in [7, 11) is 0. The summed E-state index contributed by atoms with van der Waals surface area (Å²) in [6.07, 6.45) is 0. The van der Waals surface area contributed by atoms with Crippen LogP contribution in [0, 0.1) is 20.8 Å². The zero-order valence-electron chi connectivity index (χ0n) is 16.6. The third-order valence-electron chi connectivity index (χ3n) is 4.30. The molecule has 2 N–H and O–H groups in total. The number of nitrogens with one attached hydrogen (secondary N) is 2. The molecule has 0 spiro atoms. The van der Waals surface area contributed by atoms with Crippen LogP contribution in [0.15, 0.2) is 47.6 Å². The number of carbonyl (C=O) groups excluding carboxylic acids is 2. The molecule has 0 aliphatic rings. The zero-order chi connectivity index (χ0) is 21.0. The van der Waals surface area contributed by atoms with Gasteiger partial charge in [0.25, 0.3) is 0 Å². The smallest absolute Gasteiger partial charge is 0.307 e. The number of rotatable bonds is 5. The van der Waals surface area contributed by atoms with Gasteiger partial charge in [0.05, 0.1) is 10.9 Å². The van der Waals surface area contributed by atoms with Crippen molar-refractivity contribution in [3.05, 3.63) is 59.2 Å². The van der Waals surface area contributed by atoms with E-state index in [9.17, 15) is 9.59 Å². The molecule has 0 fully saturated rings. The summed E-state index contributed by atoms with van der Waals surface area (Å²) < 4.78 is 1.58. The minimum atomic E-state index is -0.576. The van der Waals surface area contributed by atoms with E-state index in [-0.39, 0.29) is 0 Å². The van der Waals surface area contributed by atoms with Gasteiger partial charge in [0.2, 0.25) is 11.1 Å². The third-order valence-corrected chi connectivity index (χ3v) is 5.34. The van der Waals surface area contributed by atoms with Gasteiger partial charge in [-0.15, -0.1) is 5.10 Å². The number of para-hydroxylation sites is 1. The van der Waals surface area contributed by atoms with Gasteiger partial charge < -0.3 is 5.32 Å².